The van der Waals surface area contributed by atoms with Crippen LogP contribution in [0.4, 0.5) is 0 Å². The normalized spacial score (nSPS) is 17.5. The van der Waals surface area contributed by atoms with E-state index in [1.54, 1.807) is 0 Å². The lowest BCUT2D eigenvalue weighted by Crippen LogP contribution is -2.22. The number of nitrogens with zero attached hydrogens (tertiary/aromatic N) is 1. The van der Waals surface area contributed by atoms with E-state index in [4.69, 9.17) is 10.9 Å². The molecule has 1 aromatic carbocycles. The first-order valence-electron chi connectivity index (χ1n) is 6.90. The van der Waals surface area contributed by atoms with Gasteiger partial charge in [0.2, 0.25) is 0 Å². The summed E-state index contributed by atoms with van der Waals surface area (Å²) in [4.78, 5) is 0. The lowest BCUT2D eigenvalue weighted by Gasteiger charge is -2.13. The lowest BCUT2D eigenvalue weighted by atomic mass is 10.0. The van der Waals surface area contributed by atoms with Crippen molar-refractivity contribution in [1.82, 2.24) is 5.32 Å². The molecule has 1 aromatic rings. The summed E-state index contributed by atoms with van der Waals surface area (Å²) in [6.07, 6.45) is 2.80. The Morgan fingerprint density at radius 3 is 2.84 bits per heavy atom. The number of oxime groups is 1. The third-order valence-electron chi connectivity index (χ3n) is 3.95. The van der Waals surface area contributed by atoms with Gasteiger partial charge in [0, 0.05) is 12.1 Å². The summed E-state index contributed by atoms with van der Waals surface area (Å²) >= 11 is 0. The molecule has 1 saturated carbocycles. The number of hydrogen-bond donors (Lipinski definition) is 3. The molecule has 0 amide bonds. The second-order valence-corrected chi connectivity index (χ2v) is 5.57. The summed E-state index contributed by atoms with van der Waals surface area (Å²) in [5.41, 5.74) is 8.76. The van der Waals surface area contributed by atoms with Crippen molar-refractivity contribution in [2.24, 2.45) is 22.7 Å². The molecule has 1 aliphatic carbocycles. The van der Waals surface area contributed by atoms with E-state index in [0.717, 1.165) is 36.1 Å². The van der Waals surface area contributed by atoms with Crippen LogP contribution in [0, 0.1) is 18.8 Å². The Labute approximate surface area is 114 Å². The molecule has 0 spiro atoms. The average Bonchev–Trinajstić information content (AvgIpc) is 3.23. The minimum Gasteiger partial charge on any atom is -0.409 e. The monoisotopic (exact) mass is 261 g/mol. The van der Waals surface area contributed by atoms with Gasteiger partial charge in [0.15, 0.2) is 5.84 Å². The summed E-state index contributed by atoms with van der Waals surface area (Å²) < 4.78 is 0. The summed E-state index contributed by atoms with van der Waals surface area (Å²) in [7, 11) is 0. The van der Waals surface area contributed by atoms with Gasteiger partial charge in [0.05, 0.1) is 0 Å². The van der Waals surface area contributed by atoms with Crippen molar-refractivity contribution >= 4 is 5.84 Å². The molecule has 0 bridgehead atoms. The Morgan fingerprint density at radius 1 is 1.53 bits per heavy atom. The first-order valence-corrected chi connectivity index (χ1v) is 6.90. The topological polar surface area (TPSA) is 70.6 Å². The zero-order valence-electron chi connectivity index (χ0n) is 11.7. The molecule has 0 aromatic heterocycles. The van der Waals surface area contributed by atoms with Crippen LogP contribution in [-0.4, -0.2) is 17.6 Å². The highest BCUT2D eigenvalue weighted by molar-refractivity contribution is 5.97. The molecule has 1 atom stereocenters. The molecule has 4 heteroatoms. The van der Waals surface area contributed by atoms with E-state index in [1.807, 2.05) is 18.2 Å². The van der Waals surface area contributed by atoms with Crippen molar-refractivity contribution in [2.45, 2.75) is 33.2 Å². The Morgan fingerprint density at radius 2 is 2.26 bits per heavy atom. The standard InChI is InChI=1S/C15H23N3O/c1-10-7-13(15(16)18-19)5-6-14(10)9-17-8-11(2)12-3-4-12/h5-7,11-12,17,19H,3-4,8-9H2,1-2H3,(H2,16,18). The van der Waals surface area contributed by atoms with E-state index >= 15 is 0 Å². The van der Waals surface area contributed by atoms with Crippen LogP contribution in [0.15, 0.2) is 23.4 Å². The van der Waals surface area contributed by atoms with E-state index in [1.165, 1.54) is 18.4 Å². The minimum atomic E-state index is 0.157. The van der Waals surface area contributed by atoms with Crippen molar-refractivity contribution in [1.29, 1.82) is 0 Å². The Balaban J connectivity index is 1.89. The van der Waals surface area contributed by atoms with Gasteiger partial charge in [-0.15, -0.1) is 0 Å². The maximum absolute atomic E-state index is 8.66. The Hall–Kier alpha value is -1.55. The number of nitrogens with two attached hydrogens (primary N) is 1. The predicted octanol–water partition coefficient (Wildman–Crippen LogP) is 2.23. The number of hydrogen-bond acceptors (Lipinski definition) is 3. The molecule has 19 heavy (non-hydrogen) atoms. The van der Waals surface area contributed by atoms with Gasteiger partial charge < -0.3 is 16.3 Å². The number of rotatable bonds is 6. The van der Waals surface area contributed by atoms with Crippen LogP contribution in [0.25, 0.3) is 0 Å². The fourth-order valence-corrected chi connectivity index (χ4v) is 2.38. The van der Waals surface area contributed by atoms with Gasteiger partial charge >= 0.3 is 0 Å². The van der Waals surface area contributed by atoms with Gasteiger partial charge in [-0.3, -0.25) is 0 Å². The average molecular weight is 261 g/mol. The molecule has 0 heterocycles. The maximum Gasteiger partial charge on any atom is 0.170 e. The molecule has 1 aliphatic rings. The highest BCUT2D eigenvalue weighted by atomic mass is 16.4. The molecule has 2 rings (SSSR count). The lowest BCUT2D eigenvalue weighted by molar-refractivity contribution is 0.318. The van der Waals surface area contributed by atoms with Gasteiger partial charge in [-0.25, -0.2) is 0 Å². The van der Waals surface area contributed by atoms with E-state index < -0.39 is 0 Å². The van der Waals surface area contributed by atoms with Crippen molar-refractivity contribution in [3.63, 3.8) is 0 Å². The van der Waals surface area contributed by atoms with Crippen LogP contribution < -0.4 is 11.1 Å². The molecule has 0 radical (unpaired) electrons. The maximum atomic E-state index is 8.66. The van der Waals surface area contributed by atoms with E-state index in [9.17, 15) is 0 Å². The first kappa shape index (κ1) is 13.9. The largest absolute Gasteiger partial charge is 0.409 e. The molecule has 4 nitrogen and oxygen atoms in total. The summed E-state index contributed by atoms with van der Waals surface area (Å²) in [6.45, 7) is 6.32. The highest BCUT2D eigenvalue weighted by Gasteiger charge is 2.27. The van der Waals surface area contributed by atoms with Crippen molar-refractivity contribution < 1.29 is 5.21 Å². The van der Waals surface area contributed by atoms with Crippen molar-refractivity contribution in [3.05, 3.63) is 34.9 Å². The molecular weight excluding hydrogens is 238 g/mol. The zero-order chi connectivity index (χ0) is 13.8. The third-order valence-corrected chi connectivity index (χ3v) is 3.95. The second kappa shape index (κ2) is 6.06. The SMILES string of the molecule is Cc1cc(/C(N)=N/O)ccc1CNCC(C)C1CC1. The molecule has 0 aliphatic heterocycles. The zero-order valence-corrected chi connectivity index (χ0v) is 11.7. The molecular formula is C15H23N3O. The summed E-state index contributed by atoms with van der Waals surface area (Å²) in [5, 5.41) is 15.2. The minimum absolute atomic E-state index is 0.157. The van der Waals surface area contributed by atoms with Crippen LogP contribution in [0.1, 0.15) is 36.5 Å². The number of amidine groups is 1. The number of nitrogens with one attached hydrogen (secondary N) is 1. The predicted molar refractivity (Wildman–Crippen MR) is 77.3 cm³/mol. The Bertz CT molecular complexity index is 466. The molecule has 104 valence electrons. The van der Waals surface area contributed by atoms with Gasteiger partial charge in [-0.2, -0.15) is 0 Å². The van der Waals surface area contributed by atoms with Crippen LogP contribution in [0.5, 0.6) is 0 Å². The van der Waals surface area contributed by atoms with Gasteiger partial charge in [-0.1, -0.05) is 24.2 Å². The first-order chi connectivity index (χ1) is 9.11. The molecule has 1 unspecified atom stereocenters. The van der Waals surface area contributed by atoms with Gasteiger partial charge in [0.1, 0.15) is 0 Å². The van der Waals surface area contributed by atoms with Gasteiger partial charge in [0.25, 0.3) is 0 Å². The van der Waals surface area contributed by atoms with Gasteiger partial charge in [-0.05, 0) is 55.3 Å². The third kappa shape index (κ3) is 3.70. The van der Waals surface area contributed by atoms with E-state index in [0.29, 0.717) is 0 Å². The highest BCUT2D eigenvalue weighted by Crippen LogP contribution is 2.36. The summed E-state index contributed by atoms with van der Waals surface area (Å²) in [5.74, 6) is 1.87. The second-order valence-electron chi connectivity index (χ2n) is 5.57. The van der Waals surface area contributed by atoms with Crippen LogP contribution in [0.2, 0.25) is 0 Å². The smallest absolute Gasteiger partial charge is 0.170 e. The fraction of sp³-hybridized carbons (Fsp3) is 0.533. The van der Waals surface area contributed by atoms with E-state index in [-0.39, 0.29) is 5.84 Å². The van der Waals surface area contributed by atoms with Crippen molar-refractivity contribution in [3.8, 4) is 0 Å². The van der Waals surface area contributed by atoms with E-state index in [2.05, 4.69) is 24.3 Å². The Kier molecular flexibility index (Phi) is 4.43. The molecule has 0 saturated heterocycles. The van der Waals surface area contributed by atoms with Crippen molar-refractivity contribution in [2.75, 3.05) is 6.54 Å². The molecule has 1 fully saturated rings. The molecule has 4 N–H and O–H groups in total. The quantitative estimate of drug-likeness (QED) is 0.318. The number of aryl methyl sites for hydroxylation is 1. The van der Waals surface area contributed by atoms with Crippen LogP contribution in [-0.2, 0) is 6.54 Å². The van der Waals surface area contributed by atoms with Crippen LogP contribution >= 0.6 is 0 Å². The van der Waals surface area contributed by atoms with Crippen LogP contribution in [0.3, 0.4) is 0 Å². The summed E-state index contributed by atoms with van der Waals surface area (Å²) in [6, 6.07) is 5.89. The fourth-order valence-electron chi connectivity index (χ4n) is 2.38. The number of benzene rings is 1.